The molecule has 0 spiro atoms. The maximum absolute atomic E-state index is 3.75. The summed E-state index contributed by atoms with van der Waals surface area (Å²) in [5.41, 5.74) is 0. The van der Waals surface area contributed by atoms with Crippen molar-refractivity contribution in [2.45, 2.75) is 64.1 Å². The molecular weight excluding hydrogens is 184 g/mol. The molecule has 2 fully saturated rings. The summed E-state index contributed by atoms with van der Waals surface area (Å²) in [7, 11) is 2.28. The highest BCUT2D eigenvalue weighted by Gasteiger charge is 2.30. The summed E-state index contributed by atoms with van der Waals surface area (Å²) in [6.45, 7) is 5.91. The monoisotopic (exact) mass is 210 g/mol. The topological polar surface area (TPSA) is 15.3 Å². The summed E-state index contributed by atoms with van der Waals surface area (Å²) in [6, 6.07) is 2.38. The van der Waals surface area contributed by atoms with Crippen LogP contribution in [0.4, 0.5) is 0 Å². The summed E-state index contributed by atoms with van der Waals surface area (Å²) in [5.74, 6) is 0.892. The van der Waals surface area contributed by atoms with Gasteiger partial charge in [0.2, 0.25) is 0 Å². The molecule has 88 valence electrons. The third-order valence-corrected chi connectivity index (χ3v) is 4.36. The first-order chi connectivity index (χ1) is 7.18. The van der Waals surface area contributed by atoms with Crippen molar-refractivity contribution in [2.75, 3.05) is 13.6 Å². The van der Waals surface area contributed by atoms with E-state index in [1.807, 2.05) is 0 Å². The summed E-state index contributed by atoms with van der Waals surface area (Å²) in [6.07, 6.45) is 7.07. The second-order valence-electron chi connectivity index (χ2n) is 5.67. The molecule has 0 heterocycles. The molecule has 0 amide bonds. The standard InChI is InChI=1S/C13H26N2/c1-10-5-4-6-13(10)14-9-11(2)15(3)12-7-8-12/h10-14H,4-9H2,1-3H3. The Bertz CT molecular complexity index is 201. The van der Waals surface area contributed by atoms with Crippen LogP contribution < -0.4 is 5.32 Å². The van der Waals surface area contributed by atoms with E-state index < -0.39 is 0 Å². The van der Waals surface area contributed by atoms with Gasteiger partial charge in [-0.05, 0) is 45.6 Å². The Hall–Kier alpha value is -0.0800. The molecule has 2 heteroatoms. The summed E-state index contributed by atoms with van der Waals surface area (Å²) in [4.78, 5) is 2.55. The first-order valence-corrected chi connectivity index (χ1v) is 6.64. The Morgan fingerprint density at radius 3 is 2.53 bits per heavy atom. The van der Waals surface area contributed by atoms with Crippen LogP contribution >= 0.6 is 0 Å². The molecular formula is C13H26N2. The van der Waals surface area contributed by atoms with E-state index in [4.69, 9.17) is 0 Å². The fourth-order valence-corrected chi connectivity index (χ4v) is 2.76. The highest BCUT2D eigenvalue weighted by Crippen LogP contribution is 2.27. The lowest BCUT2D eigenvalue weighted by molar-refractivity contribution is 0.231. The van der Waals surface area contributed by atoms with E-state index in [0.29, 0.717) is 6.04 Å². The summed E-state index contributed by atoms with van der Waals surface area (Å²) >= 11 is 0. The molecule has 2 aliphatic rings. The Balaban J connectivity index is 1.67. The molecule has 3 atom stereocenters. The van der Waals surface area contributed by atoms with Crippen molar-refractivity contribution in [3.8, 4) is 0 Å². The number of nitrogens with zero attached hydrogens (tertiary/aromatic N) is 1. The van der Waals surface area contributed by atoms with E-state index in [-0.39, 0.29) is 0 Å². The van der Waals surface area contributed by atoms with Crippen LogP contribution in [0, 0.1) is 5.92 Å². The minimum Gasteiger partial charge on any atom is -0.312 e. The number of hydrogen-bond donors (Lipinski definition) is 1. The second kappa shape index (κ2) is 4.84. The molecule has 2 aliphatic carbocycles. The van der Waals surface area contributed by atoms with E-state index in [1.54, 1.807) is 0 Å². The van der Waals surface area contributed by atoms with Crippen LogP contribution in [0.2, 0.25) is 0 Å². The van der Waals surface area contributed by atoms with Gasteiger partial charge in [-0.15, -0.1) is 0 Å². The van der Waals surface area contributed by atoms with Gasteiger partial charge in [-0.25, -0.2) is 0 Å². The molecule has 0 bridgehead atoms. The van der Waals surface area contributed by atoms with Crippen molar-refractivity contribution < 1.29 is 0 Å². The van der Waals surface area contributed by atoms with Crippen molar-refractivity contribution in [3.63, 3.8) is 0 Å². The third kappa shape index (κ3) is 2.94. The summed E-state index contributed by atoms with van der Waals surface area (Å²) < 4.78 is 0. The normalized spacial score (nSPS) is 33.6. The first-order valence-electron chi connectivity index (χ1n) is 6.64. The first kappa shape index (κ1) is 11.4. The van der Waals surface area contributed by atoms with Gasteiger partial charge in [-0.2, -0.15) is 0 Å². The molecule has 2 nitrogen and oxygen atoms in total. The molecule has 0 aromatic carbocycles. The van der Waals surface area contributed by atoms with Crippen molar-refractivity contribution in [1.29, 1.82) is 0 Å². The zero-order chi connectivity index (χ0) is 10.8. The Morgan fingerprint density at radius 2 is 2.00 bits per heavy atom. The lowest BCUT2D eigenvalue weighted by Crippen LogP contribution is -2.43. The van der Waals surface area contributed by atoms with Gasteiger partial charge in [0, 0.05) is 24.7 Å². The van der Waals surface area contributed by atoms with Crippen LogP contribution in [0.5, 0.6) is 0 Å². The van der Waals surface area contributed by atoms with Crippen LogP contribution in [-0.4, -0.2) is 36.6 Å². The number of rotatable bonds is 5. The van der Waals surface area contributed by atoms with Gasteiger partial charge < -0.3 is 5.32 Å². The number of nitrogens with one attached hydrogen (secondary N) is 1. The van der Waals surface area contributed by atoms with E-state index in [1.165, 1.54) is 38.6 Å². The van der Waals surface area contributed by atoms with Gasteiger partial charge in [0.1, 0.15) is 0 Å². The smallest absolute Gasteiger partial charge is 0.0192 e. The lowest BCUT2D eigenvalue weighted by atomic mass is 10.1. The quantitative estimate of drug-likeness (QED) is 0.749. The molecule has 3 unspecified atom stereocenters. The Kier molecular flexibility index (Phi) is 3.68. The SMILES string of the molecule is CC1CCCC1NCC(C)N(C)C1CC1. The zero-order valence-electron chi connectivity index (χ0n) is 10.5. The van der Waals surface area contributed by atoms with Gasteiger partial charge in [0.15, 0.2) is 0 Å². The summed E-state index contributed by atoms with van der Waals surface area (Å²) in [5, 5.41) is 3.75. The Labute approximate surface area is 94.4 Å². The van der Waals surface area contributed by atoms with Gasteiger partial charge in [-0.1, -0.05) is 13.3 Å². The fourth-order valence-electron chi connectivity index (χ4n) is 2.76. The van der Waals surface area contributed by atoms with Crippen LogP contribution in [0.25, 0.3) is 0 Å². The van der Waals surface area contributed by atoms with Crippen molar-refractivity contribution in [2.24, 2.45) is 5.92 Å². The molecule has 0 aromatic rings. The van der Waals surface area contributed by atoms with E-state index in [2.05, 4.69) is 31.1 Å². The maximum atomic E-state index is 3.75. The molecule has 0 aromatic heterocycles. The van der Waals surface area contributed by atoms with E-state index >= 15 is 0 Å². The van der Waals surface area contributed by atoms with Crippen molar-refractivity contribution >= 4 is 0 Å². The van der Waals surface area contributed by atoms with Gasteiger partial charge >= 0.3 is 0 Å². The predicted octanol–water partition coefficient (Wildman–Crippen LogP) is 2.25. The number of hydrogen-bond acceptors (Lipinski definition) is 2. The molecule has 1 N–H and O–H groups in total. The van der Waals surface area contributed by atoms with Crippen LogP contribution in [0.3, 0.4) is 0 Å². The van der Waals surface area contributed by atoms with Crippen LogP contribution in [0.1, 0.15) is 46.0 Å². The fraction of sp³-hybridized carbons (Fsp3) is 1.00. The van der Waals surface area contributed by atoms with E-state index in [9.17, 15) is 0 Å². The maximum Gasteiger partial charge on any atom is 0.0192 e. The molecule has 0 saturated heterocycles. The van der Waals surface area contributed by atoms with Crippen molar-refractivity contribution in [3.05, 3.63) is 0 Å². The lowest BCUT2D eigenvalue weighted by Gasteiger charge is -2.27. The molecule has 15 heavy (non-hydrogen) atoms. The molecule has 0 radical (unpaired) electrons. The minimum absolute atomic E-state index is 0.699. The largest absolute Gasteiger partial charge is 0.312 e. The highest BCUT2D eigenvalue weighted by molar-refractivity contribution is 4.87. The average Bonchev–Trinajstić information content (AvgIpc) is 2.99. The molecule has 2 saturated carbocycles. The van der Waals surface area contributed by atoms with E-state index in [0.717, 1.165) is 18.0 Å². The Morgan fingerprint density at radius 1 is 1.27 bits per heavy atom. The average molecular weight is 210 g/mol. The molecule has 0 aliphatic heterocycles. The van der Waals surface area contributed by atoms with Crippen molar-refractivity contribution in [1.82, 2.24) is 10.2 Å². The van der Waals surface area contributed by atoms with Crippen LogP contribution in [0.15, 0.2) is 0 Å². The van der Waals surface area contributed by atoms with Gasteiger partial charge in [-0.3, -0.25) is 4.90 Å². The predicted molar refractivity (Wildman–Crippen MR) is 65.1 cm³/mol. The number of likely N-dealkylation sites (N-methyl/N-ethyl adjacent to an activating group) is 1. The van der Waals surface area contributed by atoms with Crippen LogP contribution in [-0.2, 0) is 0 Å². The third-order valence-electron chi connectivity index (χ3n) is 4.36. The second-order valence-corrected chi connectivity index (χ2v) is 5.67. The highest BCUT2D eigenvalue weighted by atomic mass is 15.2. The van der Waals surface area contributed by atoms with Gasteiger partial charge in [0.05, 0.1) is 0 Å². The van der Waals surface area contributed by atoms with Gasteiger partial charge in [0.25, 0.3) is 0 Å². The zero-order valence-corrected chi connectivity index (χ0v) is 10.5. The minimum atomic E-state index is 0.699. The molecule has 2 rings (SSSR count).